The van der Waals surface area contributed by atoms with Gasteiger partial charge >= 0.3 is 5.82 Å². The van der Waals surface area contributed by atoms with Crippen LogP contribution in [0.25, 0.3) is 0 Å². The molecule has 0 saturated heterocycles. The summed E-state index contributed by atoms with van der Waals surface area (Å²) in [6.07, 6.45) is 0. The lowest BCUT2D eigenvalue weighted by atomic mass is 9.90. The highest BCUT2D eigenvalue weighted by Crippen LogP contribution is 2.32. The maximum Gasteiger partial charge on any atom is 0.312 e. The van der Waals surface area contributed by atoms with Crippen molar-refractivity contribution in [2.45, 2.75) is 43.8 Å². The fraction of sp³-hybridized carbons (Fsp3) is 0.412. The van der Waals surface area contributed by atoms with E-state index in [0.29, 0.717) is 28.0 Å². The Labute approximate surface area is 146 Å². The van der Waals surface area contributed by atoms with Crippen molar-refractivity contribution < 1.29 is 9.47 Å². The van der Waals surface area contributed by atoms with Crippen molar-refractivity contribution in [1.82, 2.24) is 4.98 Å². The highest BCUT2D eigenvalue weighted by atomic mass is 35.5. The van der Waals surface area contributed by atoms with Crippen LogP contribution in [0.2, 0.25) is 5.02 Å². The monoisotopic (exact) mass is 352 g/mol. The molecule has 1 heterocycles. The molecule has 0 aliphatic heterocycles. The molecule has 0 bridgehead atoms. The first-order chi connectivity index (χ1) is 10.7. The van der Waals surface area contributed by atoms with Crippen LogP contribution in [0.3, 0.4) is 0 Å². The van der Waals surface area contributed by atoms with Gasteiger partial charge in [-0.15, -0.1) is 11.8 Å². The molecule has 6 heteroatoms. The van der Waals surface area contributed by atoms with Gasteiger partial charge in [0.25, 0.3) is 0 Å². The van der Waals surface area contributed by atoms with Crippen LogP contribution in [-0.2, 0) is 11.2 Å². The molecular weight excluding hydrogens is 332 g/mol. The Morgan fingerprint density at radius 3 is 2.39 bits per heavy atom. The summed E-state index contributed by atoms with van der Waals surface area (Å²) < 4.78 is 6.27. The van der Waals surface area contributed by atoms with Gasteiger partial charge in [-0.1, -0.05) is 32.4 Å². The number of rotatable bonds is 4. The summed E-state index contributed by atoms with van der Waals surface area (Å²) in [5.41, 5.74) is 1.14. The van der Waals surface area contributed by atoms with Crippen LogP contribution in [0, 0.1) is 12.1 Å². The molecular formula is C17H21ClN2O2S. The fourth-order valence-electron chi connectivity index (χ4n) is 2.20. The lowest BCUT2D eigenvalue weighted by Gasteiger charge is -2.20. The molecule has 2 aromatic rings. The standard InChI is InChI=1S/C17H21ClN2O2S/c1-11-15(22-5)16(17(2,3)4)19-14(20(11)21)10-23-13-8-6-12(18)7-9-13/h6-9H,10H2,1-5H3. The van der Waals surface area contributed by atoms with E-state index >= 15 is 0 Å². The number of halogens is 1. The minimum Gasteiger partial charge on any atom is -0.710 e. The van der Waals surface area contributed by atoms with Gasteiger partial charge in [-0.2, -0.15) is 0 Å². The Bertz CT molecular complexity index is 697. The van der Waals surface area contributed by atoms with Crippen LogP contribution in [-0.4, -0.2) is 12.1 Å². The molecule has 0 radical (unpaired) electrons. The number of benzene rings is 1. The van der Waals surface area contributed by atoms with Gasteiger partial charge in [0, 0.05) is 22.3 Å². The van der Waals surface area contributed by atoms with E-state index in [1.165, 1.54) is 0 Å². The normalized spacial score (nSPS) is 11.6. The minimum absolute atomic E-state index is 0.204. The molecule has 0 N–H and O–H groups in total. The highest BCUT2D eigenvalue weighted by molar-refractivity contribution is 7.98. The average Bonchev–Trinajstić information content (AvgIpc) is 2.49. The third-order valence-corrected chi connectivity index (χ3v) is 4.68. The zero-order valence-electron chi connectivity index (χ0n) is 14.0. The Kier molecular flexibility index (Phi) is 5.42. The first kappa shape index (κ1) is 17.9. The van der Waals surface area contributed by atoms with E-state index in [0.717, 1.165) is 15.3 Å². The average molecular weight is 353 g/mol. The second-order valence-corrected chi connectivity index (χ2v) is 7.77. The van der Waals surface area contributed by atoms with Gasteiger partial charge in [-0.05, 0) is 29.2 Å². The summed E-state index contributed by atoms with van der Waals surface area (Å²) in [5, 5.41) is 13.1. The van der Waals surface area contributed by atoms with Crippen LogP contribution in [0.15, 0.2) is 29.2 Å². The van der Waals surface area contributed by atoms with Crippen molar-refractivity contribution in [2.24, 2.45) is 0 Å². The molecule has 0 unspecified atom stereocenters. The topological polar surface area (TPSA) is 49.1 Å². The Hall–Kier alpha value is -1.46. The van der Waals surface area contributed by atoms with E-state index in [1.54, 1.807) is 25.8 Å². The minimum atomic E-state index is -0.204. The summed E-state index contributed by atoms with van der Waals surface area (Å²) in [4.78, 5) is 5.63. The summed E-state index contributed by atoms with van der Waals surface area (Å²) in [5.74, 6) is 1.53. The van der Waals surface area contributed by atoms with Crippen molar-refractivity contribution in [3.05, 3.63) is 51.7 Å². The molecule has 0 amide bonds. The van der Waals surface area contributed by atoms with E-state index in [4.69, 9.17) is 16.3 Å². The van der Waals surface area contributed by atoms with E-state index in [2.05, 4.69) is 25.8 Å². The number of thioether (sulfide) groups is 1. The van der Waals surface area contributed by atoms with Gasteiger partial charge in [0.15, 0.2) is 0 Å². The molecule has 4 nitrogen and oxygen atoms in total. The highest BCUT2D eigenvalue weighted by Gasteiger charge is 2.31. The van der Waals surface area contributed by atoms with Gasteiger partial charge in [0.1, 0.15) is 11.4 Å². The molecule has 0 spiro atoms. The second kappa shape index (κ2) is 6.97. The smallest absolute Gasteiger partial charge is 0.312 e. The van der Waals surface area contributed by atoms with E-state index in [-0.39, 0.29) is 5.41 Å². The molecule has 2 rings (SSSR count). The van der Waals surface area contributed by atoms with E-state index in [9.17, 15) is 5.21 Å². The van der Waals surface area contributed by atoms with Gasteiger partial charge < -0.3 is 9.94 Å². The fourth-order valence-corrected chi connectivity index (χ4v) is 3.14. The molecule has 0 saturated carbocycles. The Balaban J connectivity index is 2.35. The zero-order valence-corrected chi connectivity index (χ0v) is 15.6. The van der Waals surface area contributed by atoms with Crippen LogP contribution in [0.1, 0.15) is 38.0 Å². The molecule has 0 fully saturated rings. The van der Waals surface area contributed by atoms with Crippen molar-refractivity contribution in [3.8, 4) is 5.75 Å². The van der Waals surface area contributed by atoms with Crippen LogP contribution >= 0.6 is 23.4 Å². The predicted octanol–water partition coefficient (Wildman–Crippen LogP) is 4.28. The number of methoxy groups -OCH3 is 1. The molecule has 1 aromatic heterocycles. The molecule has 23 heavy (non-hydrogen) atoms. The molecule has 1 aromatic carbocycles. The molecule has 0 aliphatic carbocycles. The molecule has 124 valence electrons. The summed E-state index contributed by atoms with van der Waals surface area (Å²) in [6.45, 7) is 7.94. The third-order valence-electron chi connectivity index (χ3n) is 3.42. The van der Waals surface area contributed by atoms with Crippen molar-refractivity contribution in [2.75, 3.05) is 7.11 Å². The maximum absolute atomic E-state index is 12.4. The second-order valence-electron chi connectivity index (χ2n) is 6.28. The maximum atomic E-state index is 12.4. The van der Waals surface area contributed by atoms with Gasteiger partial charge in [0.2, 0.25) is 11.4 Å². The lowest BCUT2D eigenvalue weighted by Crippen LogP contribution is -2.39. The summed E-state index contributed by atoms with van der Waals surface area (Å²) in [7, 11) is 1.57. The quantitative estimate of drug-likeness (QED) is 0.468. The number of nitrogens with zero attached hydrogens (tertiary/aromatic N) is 2. The van der Waals surface area contributed by atoms with Crippen molar-refractivity contribution in [3.63, 3.8) is 0 Å². The third kappa shape index (κ3) is 4.09. The largest absolute Gasteiger partial charge is 0.710 e. The van der Waals surface area contributed by atoms with Gasteiger partial charge in [-0.25, -0.2) is 4.73 Å². The summed E-state index contributed by atoms with van der Waals surface area (Å²) >= 11 is 7.44. The van der Waals surface area contributed by atoms with E-state index in [1.807, 2.05) is 24.3 Å². The predicted molar refractivity (Wildman–Crippen MR) is 94.2 cm³/mol. The van der Waals surface area contributed by atoms with Crippen molar-refractivity contribution >= 4 is 23.4 Å². The van der Waals surface area contributed by atoms with Crippen LogP contribution in [0.5, 0.6) is 5.75 Å². The Morgan fingerprint density at radius 1 is 1.26 bits per heavy atom. The van der Waals surface area contributed by atoms with Crippen LogP contribution in [0.4, 0.5) is 0 Å². The van der Waals surface area contributed by atoms with Gasteiger partial charge in [-0.3, -0.25) is 0 Å². The number of hydrogen-bond acceptors (Lipinski definition) is 4. The number of aromatic nitrogens is 2. The zero-order chi connectivity index (χ0) is 17.2. The summed E-state index contributed by atoms with van der Waals surface area (Å²) in [6, 6.07) is 7.54. The lowest BCUT2D eigenvalue weighted by molar-refractivity contribution is -0.623. The van der Waals surface area contributed by atoms with Gasteiger partial charge in [0.05, 0.1) is 7.11 Å². The molecule has 0 atom stereocenters. The first-order valence-electron chi connectivity index (χ1n) is 7.30. The van der Waals surface area contributed by atoms with Crippen LogP contribution < -0.4 is 9.47 Å². The van der Waals surface area contributed by atoms with E-state index < -0.39 is 0 Å². The Morgan fingerprint density at radius 2 is 1.87 bits per heavy atom. The SMILES string of the molecule is COc1c(C(C)(C)C)nc(CSc2ccc(Cl)cc2)[n+]([O-])c1C. The number of ether oxygens (including phenoxy) is 1. The molecule has 0 aliphatic rings. The number of hydrogen-bond donors (Lipinski definition) is 0. The van der Waals surface area contributed by atoms with Crippen molar-refractivity contribution in [1.29, 1.82) is 0 Å². The first-order valence-corrected chi connectivity index (χ1v) is 8.66.